The quantitative estimate of drug-likeness (QED) is 0.339. The molecule has 0 aromatic carbocycles. The molecule has 1 aromatic heterocycles. The maximum atomic E-state index is 11.4. The van der Waals surface area contributed by atoms with Crippen LogP contribution in [0.25, 0.3) is 0 Å². The minimum Gasteiger partial charge on any atom is -0.511 e. The van der Waals surface area contributed by atoms with Crippen LogP contribution in [0.4, 0.5) is 0 Å². The lowest BCUT2D eigenvalue weighted by Crippen LogP contribution is -2.01. The first-order chi connectivity index (χ1) is 6.16. The van der Waals surface area contributed by atoms with Crippen molar-refractivity contribution in [1.82, 2.24) is 0 Å². The molecule has 0 saturated heterocycles. The molecule has 1 heterocycles. The minimum atomic E-state index is -0.419. The van der Waals surface area contributed by atoms with Crippen molar-refractivity contribution in [2.45, 2.75) is 6.92 Å². The standard InChI is InChI=1S/C9H7NO2S/c1-6(11)7(5-10)9(12)8-3-2-4-13-8/h2-4,11H,1H3. The maximum Gasteiger partial charge on any atom is 0.216 e. The van der Waals surface area contributed by atoms with E-state index >= 15 is 0 Å². The first-order valence-corrected chi connectivity index (χ1v) is 4.43. The number of carbonyl (C=O) groups is 1. The second kappa shape index (κ2) is 3.87. The van der Waals surface area contributed by atoms with Gasteiger partial charge in [-0.25, -0.2) is 0 Å². The second-order valence-corrected chi connectivity index (χ2v) is 3.33. The molecule has 13 heavy (non-hydrogen) atoms. The summed E-state index contributed by atoms with van der Waals surface area (Å²) in [5.74, 6) is -0.654. The van der Waals surface area contributed by atoms with Gasteiger partial charge in [0.25, 0.3) is 0 Å². The zero-order valence-electron chi connectivity index (χ0n) is 6.94. The Bertz CT molecular complexity index is 380. The number of aliphatic hydroxyl groups is 1. The highest BCUT2D eigenvalue weighted by atomic mass is 32.1. The van der Waals surface area contributed by atoms with Crippen molar-refractivity contribution in [3.63, 3.8) is 0 Å². The molecule has 0 fully saturated rings. The molecule has 4 heteroatoms. The third-order valence-corrected chi connectivity index (χ3v) is 2.31. The number of thiophene rings is 1. The summed E-state index contributed by atoms with van der Waals surface area (Å²) in [7, 11) is 0. The van der Waals surface area contributed by atoms with E-state index in [1.165, 1.54) is 18.3 Å². The van der Waals surface area contributed by atoms with Gasteiger partial charge >= 0.3 is 0 Å². The van der Waals surface area contributed by atoms with Crippen LogP contribution in [0, 0.1) is 11.3 Å². The van der Waals surface area contributed by atoms with Crippen LogP contribution in [0.3, 0.4) is 0 Å². The zero-order valence-corrected chi connectivity index (χ0v) is 7.76. The number of ketones is 1. The van der Waals surface area contributed by atoms with Crippen molar-refractivity contribution < 1.29 is 9.90 Å². The van der Waals surface area contributed by atoms with E-state index in [-0.39, 0.29) is 11.3 Å². The highest BCUT2D eigenvalue weighted by molar-refractivity contribution is 7.12. The summed E-state index contributed by atoms with van der Waals surface area (Å²) in [4.78, 5) is 11.9. The van der Waals surface area contributed by atoms with Gasteiger partial charge in [0.15, 0.2) is 0 Å². The molecular formula is C9H7NO2S. The SMILES string of the molecule is CC(O)=C(C#N)C(=O)c1cccs1. The Kier molecular flexibility index (Phi) is 2.83. The molecule has 0 bridgehead atoms. The average Bonchev–Trinajstić information content (AvgIpc) is 2.56. The molecule has 1 aromatic rings. The van der Waals surface area contributed by atoms with Crippen molar-refractivity contribution in [1.29, 1.82) is 5.26 Å². The van der Waals surface area contributed by atoms with E-state index in [4.69, 9.17) is 10.4 Å². The van der Waals surface area contributed by atoms with E-state index in [1.54, 1.807) is 23.6 Å². The van der Waals surface area contributed by atoms with E-state index in [0.29, 0.717) is 4.88 Å². The summed E-state index contributed by atoms with van der Waals surface area (Å²) >= 11 is 1.25. The van der Waals surface area contributed by atoms with Crippen molar-refractivity contribution in [2.24, 2.45) is 0 Å². The Morgan fingerprint density at radius 2 is 2.38 bits per heavy atom. The molecule has 0 saturated carbocycles. The normalized spacial score (nSPS) is 11.7. The third-order valence-electron chi connectivity index (χ3n) is 1.45. The molecule has 0 radical (unpaired) electrons. The lowest BCUT2D eigenvalue weighted by Gasteiger charge is -1.95. The molecule has 0 aliphatic rings. The first-order valence-electron chi connectivity index (χ1n) is 3.55. The number of hydrogen-bond donors (Lipinski definition) is 1. The van der Waals surface area contributed by atoms with Crippen LogP contribution in [0.1, 0.15) is 16.6 Å². The Morgan fingerprint density at radius 3 is 2.77 bits per heavy atom. The number of nitriles is 1. The monoisotopic (exact) mass is 193 g/mol. The number of carbonyl (C=O) groups excluding carboxylic acids is 1. The third kappa shape index (κ3) is 1.95. The molecule has 0 spiro atoms. The molecule has 0 aliphatic heterocycles. The van der Waals surface area contributed by atoms with Crippen LogP contribution in [0.5, 0.6) is 0 Å². The van der Waals surface area contributed by atoms with Crippen molar-refractivity contribution >= 4 is 17.1 Å². The Hall–Kier alpha value is -1.60. The molecule has 1 rings (SSSR count). The first kappa shape index (κ1) is 9.49. The van der Waals surface area contributed by atoms with Gasteiger partial charge in [0.2, 0.25) is 5.78 Å². The summed E-state index contributed by atoms with van der Waals surface area (Å²) < 4.78 is 0. The van der Waals surface area contributed by atoms with E-state index in [9.17, 15) is 4.79 Å². The van der Waals surface area contributed by atoms with Crippen molar-refractivity contribution in [3.05, 3.63) is 33.7 Å². The predicted octanol–water partition coefficient (Wildman–Crippen LogP) is 2.29. The van der Waals surface area contributed by atoms with Crippen LogP contribution < -0.4 is 0 Å². The number of aliphatic hydroxyl groups excluding tert-OH is 1. The fourth-order valence-electron chi connectivity index (χ4n) is 0.827. The molecule has 1 N–H and O–H groups in total. The van der Waals surface area contributed by atoms with Gasteiger partial charge in [-0.3, -0.25) is 4.79 Å². The molecule has 0 atom stereocenters. The molecule has 0 amide bonds. The fourth-order valence-corrected chi connectivity index (χ4v) is 1.50. The molecular weight excluding hydrogens is 186 g/mol. The number of rotatable bonds is 2. The Balaban J connectivity index is 3.06. The highest BCUT2D eigenvalue weighted by Crippen LogP contribution is 2.15. The molecule has 3 nitrogen and oxygen atoms in total. The number of hydrogen-bond acceptors (Lipinski definition) is 4. The zero-order chi connectivity index (χ0) is 9.84. The topological polar surface area (TPSA) is 61.1 Å². The van der Waals surface area contributed by atoms with Crippen molar-refractivity contribution in [3.8, 4) is 6.07 Å². The summed E-state index contributed by atoms with van der Waals surface area (Å²) in [5.41, 5.74) is -0.192. The molecule has 0 aliphatic carbocycles. The van der Waals surface area contributed by atoms with Gasteiger partial charge in [-0.1, -0.05) is 6.07 Å². The van der Waals surface area contributed by atoms with Gasteiger partial charge in [0.1, 0.15) is 17.4 Å². The second-order valence-electron chi connectivity index (χ2n) is 2.38. The predicted molar refractivity (Wildman–Crippen MR) is 49.6 cm³/mol. The number of allylic oxidation sites excluding steroid dienone is 2. The lowest BCUT2D eigenvalue weighted by molar-refractivity contribution is 0.103. The average molecular weight is 193 g/mol. The van der Waals surface area contributed by atoms with Gasteiger partial charge in [-0.05, 0) is 18.4 Å². The smallest absolute Gasteiger partial charge is 0.216 e. The van der Waals surface area contributed by atoms with Gasteiger partial charge in [0, 0.05) is 0 Å². The summed E-state index contributed by atoms with van der Waals surface area (Å²) in [6, 6.07) is 5.02. The minimum absolute atomic E-state index is 0.192. The van der Waals surface area contributed by atoms with Crippen LogP contribution >= 0.6 is 11.3 Å². The molecule has 66 valence electrons. The Labute approximate surface area is 79.6 Å². The highest BCUT2D eigenvalue weighted by Gasteiger charge is 2.15. The van der Waals surface area contributed by atoms with Gasteiger partial charge in [0.05, 0.1) is 4.88 Å². The number of nitrogens with zero attached hydrogens (tertiary/aromatic N) is 1. The number of Topliss-reactive ketones (excluding diaryl/α,β-unsaturated/α-hetero) is 1. The van der Waals surface area contributed by atoms with Crippen LogP contribution in [-0.2, 0) is 0 Å². The lowest BCUT2D eigenvalue weighted by atomic mass is 10.1. The molecule has 0 unspecified atom stereocenters. The van der Waals surface area contributed by atoms with E-state index in [1.807, 2.05) is 0 Å². The maximum absolute atomic E-state index is 11.4. The van der Waals surface area contributed by atoms with Gasteiger partial charge < -0.3 is 5.11 Å². The van der Waals surface area contributed by atoms with Gasteiger partial charge in [-0.2, -0.15) is 5.26 Å². The summed E-state index contributed by atoms with van der Waals surface area (Å²) in [6.45, 7) is 1.32. The van der Waals surface area contributed by atoms with Crippen LogP contribution in [0.2, 0.25) is 0 Å². The largest absolute Gasteiger partial charge is 0.511 e. The van der Waals surface area contributed by atoms with Gasteiger partial charge in [-0.15, -0.1) is 11.3 Å². The Morgan fingerprint density at radius 1 is 1.69 bits per heavy atom. The van der Waals surface area contributed by atoms with Crippen LogP contribution in [-0.4, -0.2) is 10.9 Å². The van der Waals surface area contributed by atoms with E-state index in [0.717, 1.165) is 0 Å². The summed E-state index contributed by atoms with van der Waals surface area (Å²) in [6.07, 6.45) is 0. The summed E-state index contributed by atoms with van der Waals surface area (Å²) in [5, 5.41) is 19.3. The van der Waals surface area contributed by atoms with E-state index < -0.39 is 5.78 Å². The fraction of sp³-hybridized carbons (Fsp3) is 0.111. The van der Waals surface area contributed by atoms with Crippen LogP contribution in [0.15, 0.2) is 28.8 Å². The van der Waals surface area contributed by atoms with Crippen molar-refractivity contribution in [2.75, 3.05) is 0 Å². The van der Waals surface area contributed by atoms with E-state index in [2.05, 4.69) is 0 Å².